The van der Waals surface area contributed by atoms with Crippen molar-refractivity contribution in [1.82, 2.24) is 15.6 Å². The van der Waals surface area contributed by atoms with E-state index >= 15 is 0 Å². The molecule has 2 aromatic carbocycles. The maximum atomic E-state index is 14.6. The molecule has 0 aliphatic rings. The van der Waals surface area contributed by atoms with Crippen molar-refractivity contribution in [3.8, 4) is 0 Å². The molecule has 2 N–H and O–H groups in total. The van der Waals surface area contributed by atoms with E-state index in [-0.39, 0.29) is 18.4 Å². The highest BCUT2D eigenvalue weighted by Crippen LogP contribution is 2.29. The molecule has 10 heteroatoms. The number of amides is 1. The molecule has 0 bridgehead atoms. The first-order chi connectivity index (χ1) is 16.5. The van der Waals surface area contributed by atoms with E-state index in [4.69, 9.17) is 0 Å². The number of pyridine rings is 1. The van der Waals surface area contributed by atoms with Crippen LogP contribution in [0.5, 0.6) is 0 Å². The van der Waals surface area contributed by atoms with Crippen LogP contribution in [-0.2, 0) is 17.4 Å². The van der Waals surface area contributed by atoms with Crippen LogP contribution in [0.1, 0.15) is 46.5 Å². The zero-order valence-electron chi connectivity index (χ0n) is 18.9. The van der Waals surface area contributed by atoms with Crippen molar-refractivity contribution in [2.24, 2.45) is 0 Å². The van der Waals surface area contributed by atoms with Gasteiger partial charge in [0.1, 0.15) is 17.6 Å². The number of rotatable bonds is 8. The van der Waals surface area contributed by atoms with Crippen LogP contribution in [0.3, 0.4) is 0 Å². The molecule has 0 saturated carbocycles. The van der Waals surface area contributed by atoms with Gasteiger partial charge < -0.3 is 5.32 Å². The number of aromatic nitrogens is 1. The molecule has 2 atom stereocenters. The van der Waals surface area contributed by atoms with Crippen LogP contribution >= 0.6 is 0 Å². The lowest BCUT2D eigenvalue weighted by Gasteiger charge is -2.26. The van der Waals surface area contributed by atoms with Crippen LogP contribution in [-0.4, -0.2) is 17.9 Å². The van der Waals surface area contributed by atoms with Gasteiger partial charge in [0.15, 0.2) is 11.6 Å². The molecule has 0 aliphatic heterocycles. The largest absolute Gasteiger partial charge is 0.433 e. The minimum atomic E-state index is -4.57. The highest BCUT2D eigenvalue weighted by atomic mass is 19.4. The Kier molecular flexibility index (Phi) is 8.16. The smallest absolute Gasteiger partial charge is 0.358 e. The van der Waals surface area contributed by atoms with Crippen molar-refractivity contribution in [2.45, 2.75) is 38.0 Å². The zero-order valence-corrected chi connectivity index (χ0v) is 18.9. The van der Waals surface area contributed by atoms with Crippen LogP contribution in [0.2, 0.25) is 0 Å². The van der Waals surface area contributed by atoms with E-state index in [1.807, 2.05) is 0 Å². The van der Waals surface area contributed by atoms with Crippen molar-refractivity contribution in [1.29, 1.82) is 0 Å². The van der Waals surface area contributed by atoms with Gasteiger partial charge in [0.2, 0.25) is 5.91 Å². The van der Waals surface area contributed by atoms with Gasteiger partial charge in [-0.05, 0) is 54.7 Å². The lowest BCUT2D eigenvalue weighted by molar-refractivity contribution is -0.141. The number of carbonyl (C=O) groups is 1. The summed E-state index contributed by atoms with van der Waals surface area (Å²) >= 11 is 0. The van der Waals surface area contributed by atoms with Crippen LogP contribution < -0.4 is 10.6 Å². The van der Waals surface area contributed by atoms with Gasteiger partial charge >= 0.3 is 6.18 Å². The second-order valence-corrected chi connectivity index (χ2v) is 8.01. The summed E-state index contributed by atoms with van der Waals surface area (Å²) in [5.41, 5.74) is 0.154. The number of halogens is 6. The fourth-order valence-electron chi connectivity index (χ4n) is 3.68. The van der Waals surface area contributed by atoms with Crippen LogP contribution in [0.15, 0.2) is 54.7 Å². The van der Waals surface area contributed by atoms with Crippen molar-refractivity contribution in [3.05, 3.63) is 100 Å². The Morgan fingerprint density at radius 1 is 1.03 bits per heavy atom. The Balaban J connectivity index is 1.93. The lowest BCUT2D eigenvalue weighted by atomic mass is 9.95. The number of hydrogen-bond donors (Lipinski definition) is 2. The van der Waals surface area contributed by atoms with Gasteiger partial charge in [-0.15, -0.1) is 0 Å². The summed E-state index contributed by atoms with van der Waals surface area (Å²) in [7, 11) is 1.35. The maximum Gasteiger partial charge on any atom is 0.433 e. The quantitative estimate of drug-likeness (QED) is 0.402. The van der Waals surface area contributed by atoms with Crippen LogP contribution in [0.4, 0.5) is 26.3 Å². The predicted molar refractivity (Wildman–Crippen MR) is 118 cm³/mol. The van der Waals surface area contributed by atoms with E-state index in [1.54, 1.807) is 13.0 Å². The molecule has 0 saturated heterocycles. The zero-order chi connectivity index (χ0) is 25.8. The predicted octanol–water partition coefficient (Wildman–Crippen LogP) is 5.58. The minimum absolute atomic E-state index is 0.218. The fourth-order valence-corrected chi connectivity index (χ4v) is 3.68. The third-order valence-corrected chi connectivity index (χ3v) is 5.59. The molecule has 1 aromatic heterocycles. The van der Waals surface area contributed by atoms with Gasteiger partial charge in [0, 0.05) is 24.8 Å². The highest BCUT2D eigenvalue weighted by molar-refractivity contribution is 5.83. The Bertz CT molecular complexity index is 1180. The molecule has 0 spiro atoms. The SMILES string of the molecule is CNC(=O)[C@H](N[C@@H](CCc1ccc(C(F)(F)F)nc1)c1ccc(F)c(C)c1)c1cccc(F)c1F. The summed E-state index contributed by atoms with van der Waals surface area (Å²) in [5.74, 6) is -3.38. The van der Waals surface area contributed by atoms with Crippen molar-refractivity contribution < 1.29 is 31.1 Å². The molecule has 3 rings (SSSR count). The van der Waals surface area contributed by atoms with Gasteiger partial charge in [-0.25, -0.2) is 13.2 Å². The van der Waals surface area contributed by atoms with Gasteiger partial charge in [-0.1, -0.05) is 30.3 Å². The number of nitrogens with zero attached hydrogens (tertiary/aromatic N) is 1. The minimum Gasteiger partial charge on any atom is -0.358 e. The first kappa shape index (κ1) is 26.2. The average molecular weight is 495 g/mol. The highest BCUT2D eigenvalue weighted by Gasteiger charge is 2.32. The normalized spacial score (nSPS) is 13.4. The van der Waals surface area contributed by atoms with E-state index in [0.29, 0.717) is 16.7 Å². The van der Waals surface area contributed by atoms with Crippen molar-refractivity contribution in [3.63, 3.8) is 0 Å². The molecule has 0 aliphatic carbocycles. The maximum absolute atomic E-state index is 14.6. The Morgan fingerprint density at radius 2 is 1.77 bits per heavy atom. The van der Waals surface area contributed by atoms with E-state index in [9.17, 15) is 31.1 Å². The molecule has 1 heterocycles. The molecule has 4 nitrogen and oxygen atoms in total. The third kappa shape index (κ3) is 6.39. The number of hydrogen-bond acceptors (Lipinski definition) is 3. The standard InChI is InChI=1S/C25H23F6N3O/c1-14-12-16(8-9-18(14)26)20(10-6-15-7-11-21(33-13-15)25(29,30)31)34-23(24(35)32-2)17-4-3-5-19(27)22(17)28/h3-5,7-9,11-13,20,23,34H,6,10H2,1-2H3,(H,32,35)/t20-,23+/m0/s1. The number of alkyl halides is 3. The summed E-state index contributed by atoms with van der Waals surface area (Å²) in [4.78, 5) is 16.1. The van der Waals surface area contributed by atoms with Gasteiger partial charge in [0.05, 0.1) is 0 Å². The Hall–Kier alpha value is -3.40. The molecule has 0 radical (unpaired) electrons. The van der Waals surface area contributed by atoms with Crippen LogP contribution in [0, 0.1) is 24.4 Å². The third-order valence-electron chi connectivity index (χ3n) is 5.59. The number of benzene rings is 2. The molecule has 1 amide bonds. The molecular formula is C25H23F6N3O. The van der Waals surface area contributed by atoms with Gasteiger partial charge in [0.25, 0.3) is 0 Å². The molecule has 3 aromatic rings. The molecule has 0 fully saturated rings. The lowest BCUT2D eigenvalue weighted by Crippen LogP contribution is -2.38. The summed E-state index contributed by atoms with van der Waals surface area (Å²) in [6.45, 7) is 1.55. The van der Waals surface area contributed by atoms with Crippen LogP contribution in [0.25, 0.3) is 0 Å². The number of likely N-dealkylation sites (N-methyl/N-ethyl adjacent to an activating group) is 1. The van der Waals surface area contributed by atoms with E-state index in [1.165, 1.54) is 37.4 Å². The summed E-state index contributed by atoms with van der Waals surface area (Å²) in [6.07, 6.45) is -2.98. The molecule has 35 heavy (non-hydrogen) atoms. The van der Waals surface area contributed by atoms with Crippen molar-refractivity contribution in [2.75, 3.05) is 7.05 Å². The summed E-state index contributed by atoms with van der Waals surface area (Å²) in [5, 5.41) is 5.43. The Labute approximate surface area is 198 Å². The van der Waals surface area contributed by atoms with E-state index < -0.39 is 47.3 Å². The van der Waals surface area contributed by atoms with E-state index in [2.05, 4.69) is 15.6 Å². The molecule has 186 valence electrons. The summed E-state index contributed by atoms with van der Waals surface area (Å²) < 4.78 is 80.7. The number of aryl methyl sites for hydroxylation is 2. The molecular weight excluding hydrogens is 472 g/mol. The van der Waals surface area contributed by atoms with Crippen molar-refractivity contribution >= 4 is 5.91 Å². The monoisotopic (exact) mass is 495 g/mol. The summed E-state index contributed by atoms with van der Waals surface area (Å²) in [6, 6.07) is 7.98. The fraction of sp³-hybridized carbons (Fsp3) is 0.280. The van der Waals surface area contributed by atoms with E-state index in [0.717, 1.165) is 18.3 Å². The second-order valence-electron chi connectivity index (χ2n) is 8.01. The molecule has 0 unspecified atom stereocenters. The first-order valence-electron chi connectivity index (χ1n) is 10.7. The second kappa shape index (κ2) is 10.9. The topological polar surface area (TPSA) is 54.0 Å². The average Bonchev–Trinajstić information content (AvgIpc) is 2.82. The number of carbonyl (C=O) groups excluding carboxylic acids is 1. The van der Waals surface area contributed by atoms with Gasteiger partial charge in [-0.3, -0.25) is 15.1 Å². The van der Waals surface area contributed by atoms with Gasteiger partial charge in [-0.2, -0.15) is 13.2 Å². The Morgan fingerprint density at radius 3 is 2.37 bits per heavy atom. The number of nitrogens with one attached hydrogen (secondary N) is 2. The first-order valence-corrected chi connectivity index (χ1v) is 10.7.